The van der Waals surface area contributed by atoms with Crippen molar-refractivity contribution in [2.45, 2.75) is 39.2 Å². The van der Waals surface area contributed by atoms with E-state index in [2.05, 4.69) is 13.8 Å². The Labute approximate surface area is 63.0 Å². The molecule has 10 heavy (non-hydrogen) atoms. The van der Waals surface area contributed by atoms with Gasteiger partial charge in [0, 0.05) is 6.04 Å². The largest absolute Gasteiger partial charge is 0.327 e. The summed E-state index contributed by atoms with van der Waals surface area (Å²) in [6, 6.07) is 0.507. The van der Waals surface area contributed by atoms with E-state index in [1.54, 1.807) is 0 Å². The first kappa shape index (κ1) is 6.66. The van der Waals surface area contributed by atoms with Crippen LogP contribution in [-0.2, 0) is 0 Å². The van der Waals surface area contributed by atoms with Gasteiger partial charge in [-0.25, -0.2) is 0 Å². The van der Waals surface area contributed by atoms with Crippen molar-refractivity contribution in [1.82, 2.24) is 0 Å². The van der Waals surface area contributed by atoms with E-state index in [1.165, 1.54) is 19.3 Å². The lowest BCUT2D eigenvalue weighted by Gasteiger charge is -1.98. The van der Waals surface area contributed by atoms with Crippen LogP contribution in [0.1, 0.15) is 33.1 Å². The Bertz CT molecular complexity index is 147. The molecule has 0 aliphatic heterocycles. The molecule has 1 nitrogen and oxygen atoms in total. The summed E-state index contributed by atoms with van der Waals surface area (Å²) in [5.74, 6) is 1.90. The third kappa shape index (κ3) is 0.878. The molecule has 0 unspecified atom stereocenters. The molecule has 2 aliphatic carbocycles. The van der Waals surface area contributed by atoms with Crippen molar-refractivity contribution in [3.8, 4) is 0 Å². The smallest absolute Gasteiger partial charge is 0.0128 e. The fourth-order valence-electron chi connectivity index (χ4n) is 1.95. The van der Waals surface area contributed by atoms with Gasteiger partial charge in [0.15, 0.2) is 0 Å². The van der Waals surface area contributed by atoms with Gasteiger partial charge in [0.1, 0.15) is 0 Å². The van der Waals surface area contributed by atoms with Gasteiger partial charge < -0.3 is 5.73 Å². The van der Waals surface area contributed by atoms with Crippen molar-refractivity contribution in [3.05, 3.63) is 0 Å². The molecular weight excluding hydrogens is 122 g/mol. The SMILES string of the molecule is CC1(C)[C@H](N)[C@H]1CC1CC1. The van der Waals surface area contributed by atoms with Crippen LogP contribution in [0.5, 0.6) is 0 Å². The van der Waals surface area contributed by atoms with Crippen LogP contribution in [0.2, 0.25) is 0 Å². The van der Waals surface area contributed by atoms with E-state index in [4.69, 9.17) is 5.73 Å². The number of hydrogen-bond acceptors (Lipinski definition) is 1. The van der Waals surface area contributed by atoms with Gasteiger partial charge in [-0.1, -0.05) is 26.7 Å². The van der Waals surface area contributed by atoms with Crippen LogP contribution in [0.25, 0.3) is 0 Å². The summed E-state index contributed by atoms with van der Waals surface area (Å²) in [6.45, 7) is 4.59. The number of hydrogen-bond donors (Lipinski definition) is 1. The van der Waals surface area contributed by atoms with E-state index in [-0.39, 0.29) is 0 Å². The molecule has 0 heterocycles. The maximum atomic E-state index is 5.92. The molecule has 2 atom stereocenters. The van der Waals surface area contributed by atoms with Crippen LogP contribution >= 0.6 is 0 Å². The van der Waals surface area contributed by atoms with Gasteiger partial charge in [-0.15, -0.1) is 0 Å². The lowest BCUT2D eigenvalue weighted by molar-refractivity contribution is 0.508. The van der Waals surface area contributed by atoms with Crippen LogP contribution in [0.15, 0.2) is 0 Å². The molecule has 0 bridgehead atoms. The summed E-state index contributed by atoms with van der Waals surface area (Å²) in [6.07, 6.45) is 4.35. The van der Waals surface area contributed by atoms with Gasteiger partial charge in [-0.2, -0.15) is 0 Å². The average Bonchev–Trinajstić information content (AvgIpc) is 2.70. The van der Waals surface area contributed by atoms with E-state index in [9.17, 15) is 0 Å². The maximum absolute atomic E-state index is 5.92. The first-order chi connectivity index (χ1) is 4.62. The van der Waals surface area contributed by atoms with Crippen molar-refractivity contribution >= 4 is 0 Å². The van der Waals surface area contributed by atoms with Gasteiger partial charge in [-0.3, -0.25) is 0 Å². The van der Waals surface area contributed by atoms with E-state index >= 15 is 0 Å². The Hall–Kier alpha value is -0.0400. The van der Waals surface area contributed by atoms with Gasteiger partial charge >= 0.3 is 0 Å². The number of rotatable bonds is 2. The highest BCUT2D eigenvalue weighted by atomic mass is 14.8. The molecule has 2 N–H and O–H groups in total. The molecule has 0 aromatic heterocycles. The maximum Gasteiger partial charge on any atom is 0.0128 e. The summed E-state index contributed by atoms with van der Waals surface area (Å²) >= 11 is 0. The predicted molar refractivity (Wildman–Crippen MR) is 42.6 cm³/mol. The molecule has 0 saturated heterocycles. The van der Waals surface area contributed by atoms with Crippen molar-refractivity contribution in [3.63, 3.8) is 0 Å². The highest BCUT2D eigenvalue weighted by Crippen LogP contribution is 2.56. The first-order valence-electron chi connectivity index (χ1n) is 4.38. The third-order valence-electron chi connectivity index (χ3n) is 3.42. The third-order valence-corrected chi connectivity index (χ3v) is 3.42. The topological polar surface area (TPSA) is 26.0 Å². The summed E-state index contributed by atoms with van der Waals surface area (Å²) in [7, 11) is 0. The highest BCUT2D eigenvalue weighted by molar-refractivity contribution is 5.09. The lowest BCUT2D eigenvalue weighted by Crippen LogP contribution is -2.06. The van der Waals surface area contributed by atoms with Gasteiger partial charge in [0.25, 0.3) is 0 Å². The fraction of sp³-hybridized carbons (Fsp3) is 1.00. The Kier molecular flexibility index (Phi) is 1.17. The molecule has 1 heteroatoms. The van der Waals surface area contributed by atoms with Crippen LogP contribution in [0.4, 0.5) is 0 Å². The lowest BCUT2D eigenvalue weighted by atomic mass is 10.1. The zero-order chi connectivity index (χ0) is 7.35. The standard InChI is InChI=1S/C9H17N/c1-9(2)7(8(9)10)5-6-3-4-6/h6-8H,3-5,10H2,1-2H3/t7-,8-/m1/s1. The van der Waals surface area contributed by atoms with E-state index < -0.39 is 0 Å². The first-order valence-corrected chi connectivity index (χ1v) is 4.38. The van der Waals surface area contributed by atoms with Gasteiger partial charge in [0.05, 0.1) is 0 Å². The summed E-state index contributed by atoms with van der Waals surface area (Å²) in [5.41, 5.74) is 6.40. The van der Waals surface area contributed by atoms with Crippen LogP contribution in [0, 0.1) is 17.3 Å². The summed E-state index contributed by atoms with van der Waals surface area (Å²) < 4.78 is 0. The van der Waals surface area contributed by atoms with Crippen molar-refractivity contribution in [1.29, 1.82) is 0 Å². The normalized spacial score (nSPS) is 43.5. The molecule has 2 fully saturated rings. The Balaban J connectivity index is 1.85. The Morgan fingerprint density at radius 1 is 1.40 bits per heavy atom. The second kappa shape index (κ2) is 1.76. The van der Waals surface area contributed by atoms with E-state index in [0.29, 0.717) is 11.5 Å². The molecule has 2 aliphatic rings. The molecular formula is C9H17N. The van der Waals surface area contributed by atoms with Crippen LogP contribution < -0.4 is 5.73 Å². The molecule has 2 saturated carbocycles. The molecule has 2 rings (SSSR count). The monoisotopic (exact) mass is 139 g/mol. The van der Waals surface area contributed by atoms with Gasteiger partial charge in [0.2, 0.25) is 0 Å². The quantitative estimate of drug-likeness (QED) is 0.620. The zero-order valence-electron chi connectivity index (χ0n) is 6.93. The van der Waals surface area contributed by atoms with E-state index in [0.717, 1.165) is 11.8 Å². The molecule has 0 aromatic carbocycles. The molecule has 0 amide bonds. The minimum Gasteiger partial charge on any atom is -0.327 e. The van der Waals surface area contributed by atoms with Crippen molar-refractivity contribution in [2.24, 2.45) is 23.0 Å². The molecule has 58 valence electrons. The average molecular weight is 139 g/mol. The summed E-state index contributed by atoms with van der Waals surface area (Å²) in [4.78, 5) is 0. The fourth-order valence-corrected chi connectivity index (χ4v) is 1.95. The minimum atomic E-state index is 0.475. The second-order valence-electron chi connectivity index (χ2n) is 4.63. The summed E-state index contributed by atoms with van der Waals surface area (Å²) in [5, 5.41) is 0. The van der Waals surface area contributed by atoms with Crippen molar-refractivity contribution < 1.29 is 0 Å². The van der Waals surface area contributed by atoms with Crippen LogP contribution in [-0.4, -0.2) is 6.04 Å². The zero-order valence-corrected chi connectivity index (χ0v) is 6.93. The van der Waals surface area contributed by atoms with Gasteiger partial charge in [-0.05, 0) is 23.7 Å². The predicted octanol–water partition coefficient (Wildman–Crippen LogP) is 1.77. The Morgan fingerprint density at radius 3 is 2.20 bits per heavy atom. The van der Waals surface area contributed by atoms with Crippen LogP contribution in [0.3, 0.4) is 0 Å². The molecule has 0 aromatic rings. The highest BCUT2D eigenvalue weighted by Gasteiger charge is 2.56. The molecule has 0 spiro atoms. The van der Waals surface area contributed by atoms with Crippen molar-refractivity contribution in [2.75, 3.05) is 0 Å². The number of nitrogens with two attached hydrogens (primary N) is 1. The minimum absolute atomic E-state index is 0.475. The van der Waals surface area contributed by atoms with E-state index in [1.807, 2.05) is 0 Å². The second-order valence-corrected chi connectivity index (χ2v) is 4.63. The molecule has 0 radical (unpaired) electrons. The Morgan fingerprint density at radius 2 is 1.90 bits per heavy atom.